The Kier molecular flexibility index (Phi) is 4.06. The third-order valence-electron chi connectivity index (χ3n) is 4.04. The number of hydrogen-bond acceptors (Lipinski definition) is 0. The summed E-state index contributed by atoms with van der Waals surface area (Å²) in [6, 6.07) is 8.91. The first-order valence-corrected chi connectivity index (χ1v) is 7.26. The highest BCUT2D eigenvalue weighted by atomic mass is 14.2. The SMILES string of the molecule is CCCc1c(CC)c(CC)c(C)c2ccccc12. The molecule has 0 bridgehead atoms. The van der Waals surface area contributed by atoms with Gasteiger partial charge in [-0.15, -0.1) is 0 Å². The summed E-state index contributed by atoms with van der Waals surface area (Å²) in [6.07, 6.45) is 4.74. The van der Waals surface area contributed by atoms with E-state index in [4.69, 9.17) is 0 Å². The number of rotatable bonds is 4. The van der Waals surface area contributed by atoms with Crippen molar-refractivity contribution in [3.8, 4) is 0 Å². The number of benzene rings is 2. The summed E-state index contributed by atoms with van der Waals surface area (Å²) in [5.41, 5.74) is 6.28. The highest BCUT2D eigenvalue weighted by Crippen LogP contribution is 2.31. The van der Waals surface area contributed by atoms with Crippen molar-refractivity contribution < 1.29 is 0 Å². The molecular weight excluding hydrogens is 216 g/mol. The third kappa shape index (κ3) is 2.05. The van der Waals surface area contributed by atoms with E-state index < -0.39 is 0 Å². The van der Waals surface area contributed by atoms with Gasteiger partial charge in [-0.3, -0.25) is 0 Å². The van der Waals surface area contributed by atoms with Gasteiger partial charge in [0.05, 0.1) is 0 Å². The summed E-state index contributed by atoms with van der Waals surface area (Å²) in [4.78, 5) is 0. The second-order valence-electron chi connectivity index (χ2n) is 5.06. The van der Waals surface area contributed by atoms with Crippen LogP contribution in [0, 0.1) is 6.92 Å². The van der Waals surface area contributed by atoms with Crippen molar-refractivity contribution in [1.29, 1.82) is 0 Å². The second-order valence-corrected chi connectivity index (χ2v) is 5.06. The van der Waals surface area contributed by atoms with Crippen LogP contribution in [0.1, 0.15) is 49.4 Å². The summed E-state index contributed by atoms with van der Waals surface area (Å²) < 4.78 is 0. The number of aryl methyl sites for hydroxylation is 2. The van der Waals surface area contributed by atoms with Crippen molar-refractivity contribution in [2.24, 2.45) is 0 Å². The molecule has 0 N–H and O–H groups in total. The second kappa shape index (κ2) is 5.56. The molecule has 0 fully saturated rings. The lowest BCUT2D eigenvalue weighted by Gasteiger charge is -2.19. The first-order chi connectivity index (χ1) is 8.74. The lowest BCUT2D eigenvalue weighted by Crippen LogP contribution is -2.03. The van der Waals surface area contributed by atoms with Crippen molar-refractivity contribution in [1.82, 2.24) is 0 Å². The molecule has 0 aliphatic heterocycles. The van der Waals surface area contributed by atoms with Gasteiger partial charge in [0.2, 0.25) is 0 Å². The molecule has 0 aromatic heterocycles. The molecule has 0 spiro atoms. The summed E-state index contributed by atoms with van der Waals surface area (Å²) in [5.74, 6) is 0. The molecule has 18 heavy (non-hydrogen) atoms. The first kappa shape index (κ1) is 13.1. The van der Waals surface area contributed by atoms with Gasteiger partial charge in [0.1, 0.15) is 0 Å². The third-order valence-corrected chi connectivity index (χ3v) is 4.04. The molecule has 0 aliphatic rings. The van der Waals surface area contributed by atoms with Gasteiger partial charge in [0.15, 0.2) is 0 Å². The van der Waals surface area contributed by atoms with Crippen LogP contribution in [0.4, 0.5) is 0 Å². The maximum Gasteiger partial charge on any atom is -0.0146 e. The lowest BCUT2D eigenvalue weighted by molar-refractivity contribution is 0.894. The van der Waals surface area contributed by atoms with Gasteiger partial charge >= 0.3 is 0 Å². The van der Waals surface area contributed by atoms with Crippen LogP contribution in [-0.2, 0) is 19.3 Å². The minimum Gasteiger partial charge on any atom is -0.0651 e. The highest BCUT2D eigenvalue weighted by Gasteiger charge is 2.13. The van der Waals surface area contributed by atoms with Gasteiger partial charge in [-0.2, -0.15) is 0 Å². The molecule has 96 valence electrons. The molecule has 0 saturated heterocycles. The van der Waals surface area contributed by atoms with Gasteiger partial charge in [-0.1, -0.05) is 51.5 Å². The van der Waals surface area contributed by atoms with Gasteiger partial charge in [-0.05, 0) is 59.2 Å². The van der Waals surface area contributed by atoms with E-state index >= 15 is 0 Å². The Balaban J connectivity index is 2.86. The normalized spacial score (nSPS) is 11.1. The molecule has 2 rings (SSSR count). The predicted octanol–water partition coefficient (Wildman–Crippen LogP) is 5.23. The van der Waals surface area contributed by atoms with Crippen molar-refractivity contribution in [2.75, 3.05) is 0 Å². The van der Waals surface area contributed by atoms with Crippen molar-refractivity contribution in [3.05, 3.63) is 46.5 Å². The van der Waals surface area contributed by atoms with Crippen molar-refractivity contribution in [3.63, 3.8) is 0 Å². The fourth-order valence-electron chi connectivity index (χ4n) is 3.25. The maximum absolute atomic E-state index is 2.30. The van der Waals surface area contributed by atoms with Crippen LogP contribution in [0.15, 0.2) is 24.3 Å². The molecule has 2 aromatic rings. The van der Waals surface area contributed by atoms with Gasteiger partial charge in [-0.25, -0.2) is 0 Å². The Morgan fingerprint density at radius 2 is 1.39 bits per heavy atom. The Morgan fingerprint density at radius 1 is 0.778 bits per heavy atom. The van der Waals surface area contributed by atoms with E-state index in [1.54, 1.807) is 16.7 Å². The van der Waals surface area contributed by atoms with Crippen molar-refractivity contribution >= 4 is 10.8 Å². The summed E-state index contributed by atoms with van der Waals surface area (Å²) in [7, 11) is 0. The zero-order chi connectivity index (χ0) is 13.1. The monoisotopic (exact) mass is 240 g/mol. The largest absolute Gasteiger partial charge is 0.0651 e. The average molecular weight is 240 g/mol. The number of fused-ring (bicyclic) bond motifs is 1. The van der Waals surface area contributed by atoms with Crippen LogP contribution in [-0.4, -0.2) is 0 Å². The Labute approximate surface area is 111 Å². The van der Waals surface area contributed by atoms with E-state index in [1.165, 1.54) is 29.2 Å². The summed E-state index contributed by atoms with van der Waals surface area (Å²) >= 11 is 0. The minimum atomic E-state index is 1.15. The molecule has 0 atom stereocenters. The number of hydrogen-bond donors (Lipinski definition) is 0. The molecular formula is C18H24. The molecule has 0 heteroatoms. The summed E-state index contributed by atoms with van der Waals surface area (Å²) in [5, 5.41) is 2.93. The van der Waals surface area contributed by atoms with Crippen LogP contribution in [0.25, 0.3) is 10.8 Å². The van der Waals surface area contributed by atoms with Crippen molar-refractivity contribution in [2.45, 2.75) is 53.4 Å². The first-order valence-electron chi connectivity index (χ1n) is 7.26. The molecule has 0 saturated carbocycles. The molecule has 0 amide bonds. The van der Waals surface area contributed by atoms with E-state index in [1.807, 2.05) is 0 Å². The molecule has 0 nitrogen and oxygen atoms in total. The molecule has 0 unspecified atom stereocenters. The van der Waals surface area contributed by atoms with Gasteiger partial charge in [0, 0.05) is 0 Å². The average Bonchev–Trinajstić information content (AvgIpc) is 2.41. The van der Waals surface area contributed by atoms with E-state index in [9.17, 15) is 0 Å². The maximum atomic E-state index is 2.30. The standard InChI is InChI=1S/C18H24/c1-5-10-17-15(7-3)14(6-2)13(4)16-11-8-9-12-18(16)17/h8-9,11-12H,5-7,10H2,1-4H3. The van der Waals surface area contributed by atoms with Crippen LogP contribution < -0.4 is 0 Å². The Bertz CT molecular complexity index is 549. The topological polar surface area (TPSA) is 0 Å². The summed E-state index contributed by atoms with van der Waals surface area (Å²) in [6.45, 7) is 9.14. The van der Waals surface area contributed by atoms with Crippen LogP contribution >= 0.6 is 0 Å². The molecule has 2 aromatic carbocycles. The minimum absolute atomic E-state index is 1.15. The zero-order valence-electron chi connectivity index (χ0n) is 12.1. The molecule has 0 heterocycles. The van der Waals surface area contributed by atoms with Crippen LogP contribution in [0.3, 0.4) is 0 Å². The fourth-order valence-corrected chi connectivity index (χ4v) is 3.25. The fraction of sp³-hybridized carbons (Fsp3) is 0.444. The molecule has 0 aliphatic carbocycles. The van der Waals surface area contributed by atoms with E-state index in [0.717, 1.165) is 12.8 Å². The van der Waals surface area contributed by atoms with Gasteiger partial charge < -0.3 is 0 Å². The van der Waals surface area contributed by atoms with Gasteiger partial charge in [0.25, 0.3) is 0 Å². The smallest absolute Gasteiger partial charge is 0.0146 e. The quantitative estimate of drug-likeness (QED) is 0.687. The highest BCUT2D eigenvalue weighted by molar-refractivity contribution is 5.91. The zero-order valence-corrected chi connectivity index (χ0v) is 12.1. The predicted molar refractivity (Wildman–Crippen MR) is 81.4 cm³/mol. The molecule has 0 radical (unpaired) electrons. The van der Waals surface area contributed by atoms with Crippen LogP contribution in [0.5, 0.6) is 0 Å². The Hall–Kier alpha value is -1.30. The van der Waals surface area contributed by atoms with Crippen LogP contribution in [0.2, 0.25) is 0 Å². The van der Waals surface area contributed by atoms with E-state index in [2.05, 4.69) is 52.0 Å². The Morgan fingerprint density at radius 3 is 1.94 bits per heavy atom. The lowest BCUT2D eigenvalue weighted by atomic mass is 9.86. The van der Waals surface area contributed by atoms with E-state index in [-0.39, 0.29) is 0 Å². The van der Waals surface area contributed by atoms with E-state index in [0.29, 0.717) is 0 Å².